The number of benzene rings is 1. The van der Waals surface area contributed by atoms with Gasteiger partial charge in [-0.3, -0.25) is 4.79 Å². The Kier molecular flexibility index (Phi) is 4.27. The lowest BCUT2D eigenvalue weighted by molar-refractivity contribution is -0.129. The third-order valence-corrected chi connectivity index (χ3v) is 3.35. The highest BCUT2D eigenvalue weighted by Gasteiger charge is 2.25. The molecular formula is C14H19NO4. The van der Waals surface area contributed by atoms with Gasteiger partial charge in [0.15, 0.2) is 0 Å². The second-order valence-electron chi connectivity index (χ2n) is 4.64. The lowest BCUT2D eigenvalue weighted by atomic mass is 10.1. The molecule has 1 fully saturated rings. The van der Waals surface area contributed by atoms with Crippen molar-refractivity contribution < 1.29 is 19.4 Å². The van der Waals surface area contributed by atoms with E-state index < -0.39 is 0 Å². The average Bonchev–Trinajstić information content (AvgIpc) is 2.86. The van der Waals surface area contributed by atoms with Gasteiger partial charge in [-0.2, -0.15) is 0 Å². The van der Waals surface area contributed by atoms with Gasteiger partial charge >= 0.3 is 0 Å². The van der Waals surface area contributed by atoms with Crippen molar-refractivity contribution in [2.24, 2.45) is 0 Å². The number of aliphatic hydroxyl groups excluding tert-OH is 1. The molecule has 1 aliphatic rings. The maximum Gasteiger partial charge on any atom is 0.227 e. The van der Waals surface area contributed by atoms with Crippen molar-refractivity contribution in [3.05, 3.63) is 23.8 Å². The topological polar surface area (TPSA) is 59.0 Å². The molecule has 1 saturated heterocycles. The number of nitrogens with zero attached hydrogens (tertiary/aromatic N) is 1. The number of hydrogen-bond donors (Lipinski definition) is 1. The highest BCUT2D eigenvalue weighted by Crippen LogP contribution is 2.25. The van der Waals surface area contributed by atoms with Gasteiger partial charge in [-0.15, -0.1) is 0 Å². The predicted molar refractivity (Wildman–Crippen MR) is 70.5 cm³/mol. The van der Waals surface area contributed by atoms with Crippen LogP contribution in [0.4, 0.5) is 0 Å². The number of ether oxygens (including phenoxy) is 2. The molecule has 2 rings (SSSR count). The Bertz CT molecular complexity index is 461. The molecule has 1 N–H and O–H groups in total. The molecule has 1 amide bonds. The zero-order valence-electron chi connectivity index (χ0n) is 11.3. The molecule has 5 heteroatoms. The summed E-state index contributed by atoms with van der Waals surface area (Å²) in [6.07, 6.45) is 0.549. The Morgan fingerprint density at radius 1 is 1.42 bits per heavy atom. The van der Waals surface area contributed by atoms with Crippen LogP contribution in [0.25, 0.3) is 0 Å². The molecule has 0 radical (unpaired) electrons. The fraction of sp³-hybridized carbons (Fsp3) is 0.500. The first kappa shape index (κ1) is 13.7. The summed E-state index contributed by atoms with van der Waals surface area (Å²) in [6.45, 7) is 1.05. The minimum Gasteiger partial charge on any atom is -0.497 e. The lowest BCUT2D eigenvalue weighted by Crippen LogP contribution is -2.30. The van der Waals surface area contributed by atoms with Crippen LogP contribution >= 0.6 is 0 Å². The molecule has 0 aromatic heterocycles. The minimum absolute atomic E-state index is 0.0139. The largest absolute Gasteiger partial charge is 0.497 e. The van der Waals surface area contributed by atoms with E-state index in [0.717, 1.165) is 5.56 Å². The number of β-amino-alcohol motifs (C(OH)–C–C–N with tert-alkyl or cyclic N) is 1. The van der Waals surface area contributed by atoms with E-state index in [2.05, 4.69) is 0 Å². The Morgan fingerprint density at radius 3 is 2.79 bits per heavy atom. The van der Waals surface area contributed by atoms with Gasteiger partial charge in [-0.25, -0.2) is 0 Å². The second-order valence-corrected chi connectivity index (χ2v) is 4.64. The summed E-state index contributed by atoms with van der Waals surface area (Å²) in [5.74, 6) is 1.36. The smallest absolute Gasteiger partial charge is 0.227 e. The molecule has 104 valence electrons. The van der Waals surface area contributed by atoms with E-state index in [1.807, 2.05) is 12.1 Å². The van der Waals surface area contributed by atoms with E-state index in [0.29, 0.717) is 31.0 Å². The van der Waals surface area contributed by atoms with E-state index in [-0.39, 0.29) is 18.4 Å². The SMILES string of the molecule is COc1ccc(CC(=O)N2CCC(O)C2)c(OC)c1. The van der Waals surface area contributed by atoms with Gasteiger partial charge in [0.25, 0.3) is 0 Å². The number of likely N-dealkylation sites (tertiary alicyclic amines) is 1. The van der Waals surface area contributed by atoms with Crippen LogP contribution < -0.4 is 9.47 Å². The van der Waals surface area contributed by atoms with Crippen molar-refractivity contribution >= 4 is 5.91 Å². The number of hydrogen-bond acceptors (Lipinski definition) is 4. The van der Waals surface area contributed by atoms with Crippen LogP contribution in [0.2, 0.25) is 0 Å². The molecule has 0 bridgehead atoms. The summed E-state index contributed by atoms with van der Waals surface area (Å²) in [4.78, 5) is 13.8. The van der Waals surface area contributed by atoms with E-state index in [4.69, 9.17) is 9.47 Å². The summed E-state index contributed by atoms with van der Waals surface area (Å²) in [7, 11) is 3.16. The molecule has 1 atom stereocenters. The normalized spacial score (nSPS) is 18.5. The molecule has 1 heterocycles. The van der Waals surface area contributed by atoms with E-state index >= 15 is 0 Å². The highest BCUT2D eigenvalue weighted by atomic mass is 16.5. The first-order valence-electron chi connectivity index (χ1n) is 6.30. The predicted octanol–water partition coefficient (Wildman–Crippen LogP) is 0.839. The molecule has 1 aromatic rings. The van der Waals surface area contributed by atoms with Crippen LogP contribution in [-0.2, 0) is 11.2 Å². The first-order chi connectivity index (χ1) is 9.13. The molecule has 0 spiro atoms. The average molecular weight is 265 g/mol. The van der Waals surface area contributed by atoms with Crippen molar-refractivity contribution in [3.8, 4) is 11.5 Å². The minimum atomic E-state index is -0.387. The van der Waals surface area contributed by atoms with Gasteiger partial charge in [0.2, 0.25) is 5.91 Å². The van der Waals surface area contributed by atoms with Crippen LogP contribution in [0.15, 0.2) is 18.2 Å². The summed E-state index contributed by atoms with van der Waals surface area (Å²) >= 11 is 0. The maximum atomic E-state index is 12.1. The van der Waals surface area contributed by atoms with Crippen molar-refractivity contribution in [2.75, 3.05) is 27.3 Å². The van der Waals surface area contributed by atoms with Crippen molar-refractivity contribution in [1.29, 1.82) is 0 Å². The molecule has 5 nitrogen and oxygen atoms in total. The van der Waals surface area contributed by atoms with Gasteiger partial charge in [-0.05, 0) is 12.5 Å². The molecular weight excluding hydrogens is 246 g/mol. The third-order valence-electron chi connectivity index (χ3n) is 3.35. The van der Waals surface area contributed by atoms with Gasteiger partial charge in [0.1, 0.15) is 11.5 Å². The Labute approximate surface area is 112 Å². The van der Waals surface area contributed by atoms with Crippen molar-refractivity contribution in [2.45, 2.75) is 18.9 Å². The lowest BCUT2D eigenvalue weighted by Gasteiger charge is -2.17. The molecule has 19 heavy (non-hydrogen) atoms. The fourth-order valence-corrected chi connectivity index (χ4v) is 2.24. The summed E-state index contributed by atoms with van der Waals surface area (Å²) < 4.78 is 10.4. The Morgan fingerprint density at radius 2 is 2.21 bits per heavy atom. The van der Waals surface area contributed by atoms with E-state index in [9.17, 15) is 9.90 Å². The fourth-order valence-electron chi connectivity index (χ4n) is 2.24. The maximum absolute atomic E-state index is 12.1. The molecule has 1 aromatic carbocycles. The number of rotatable bonds is 4. The second kappa shape index (κ2) is 5.93. The highest BCUT2D eigenvalue weighted by molar-refractivity contribution is 5.80. The van der Waals surface area contributed by atoms with Gasteiger partial charge < -0.3 is 19.5 Å². The molecule has 0 saturated carbocycles. The molecule has 1 aliphatic heterocycles. The number of amides is 1. The first-order valence-corrected chi connectivity index (χ1v) is 6.30. The van der Waals surface area contributed by atoms with Gasteiger partial charge in [0, 0.05) is 24.7 Å². The molecule has 0 aliphatic carbocycles. The van der Waals surface area contributed by atoms with Crippen molar-refractivity contribution in [3.63, 3.8) is 0 Å². The van der Waals surface area contributed by atoms with Gasteiger partial charge in [0.05, 0.1) is 26.7 Å². The number of aliphatic hydroxyl groups is 1. The summed E-state index contributed by atoms with van der Waals surface area (Å²) in [5.41, 5.74) is 0.828. The van der Waals surface area contributed by atoms with Gasteiger partial charge in [-0.1, -0.05) is 6.07 Å². The quantitative estimate of drug-likeness (QED) is 0.876. The molecule has 1 unspecified atom stereocenters. The van der Waals surface area contributed by atoms with Crippen LogP contribution in [-0.4, -0.2) is 49.3 Å². The monoisotopic (exact) mass is 265 g/mol. The van der Waals surface area contributed by atoms with E-state index in [1.54, 1.807) is 25.2 Å². The van der Waals surface area contributed by atoms with Crippen LogP contribution in [0.1, 0.15) is 12.0 Å². The standard InChI is InChI=1S/C14H19NO4/c1-18-12-4-3-10(13(8-12)19-2)7-14(17)15-6-5-11(16)9-15/h3-4,8,11,16H,5-7,9H2,1-2H3. The van der Waals surface area contributed by atoms with E-state index in [1.165, 1.54) is 0 Å². The van der Waals surface area contributed by atoms with Crippen LogP contribution in [0.3, 0.4) is 0 Å². The number of methoxy groups -OCH3 is 2. The summed E-state index contributed by atoms with van der Waals surface area (Å²) in [6, 6.07) is 5.41. The number of carbonyl (C=O) groups is 1. The zero-order valence-corrected chi connectivity index (χ0v) is 11.3. The van der Waals surface area contributed by atoms with Crippen LogP contribution in [0, 0.1) is 0 Å². The Hall–Kier alpha value is -1.75. The number of carbonyl (C=O) groups excluding carboxylic acids is 1. The third kappa shape index (κ3) is 3.17. The van der Waals surface area contributed by atoms with Crippen molar-refractivity contribution in [1.82, 2.24) is 4.90 Å². The summed E-state index contributed by atoms with van der Waals surface area (Å²) in [5, 5.41) is 9.45. The van der Waals surface area contributed by atoms with Crippen LogP contribution in [0.5, 0.6) is 11.5 Å². The Balaban J connectivity index is 2.08. The zero-order chi connectivity index (χ0) is 13.8.